The zero-order chi connectivity index (χ0) is 56.5. The maximum atomic E-state index is 2.45. The average molecular weight is 1080 g/mol. The van der Waals surface area contributed by atoms with Gasteiger partial charge < -0.3 is 9.80 Å². The zero-order valence-electron chi connectivity index (χ0n) is 46.9. The van der Waals surface area contributed by atoms with Crippen molar-refractivity contribution in [2.75, 3.05) is 9.80 Å². The van der Waals surface area contributed by atoms with Crippen LogP contribution >= 0.6 is 0 Å². The molecule has 0 N–H and O–H groups in total. The fourth-order valence-electron chi connectivity index (χ4n) is 13.3. The molecule has 0 fully saturated rings. The lowest BCUT2D eigenvalue weighted by molar-refractivity contribution is 0.768. The number of anilines is 6. The molecule has 15 rings (SSSR count). The van der Waals surface area contributed by atoms with E-state index in [0.29, 0.717) is 0 Å². The first kappa shape index (κ1) is 50.9. The van der Waals surface area contributed by atoms with Crippen LogP contribution in [0.3, 0.4) is 0 Å². The highest BCUT2D eigenvalue weighted by molar-refractivity contribution is 5.99. The fraction of sp³-hybridized carbons (Fsp3) is 0.0120. The van der Waals surface area contributed by atoms with E-state index in [0.717, 1.165) is 61.9 Å². The van der Waals surface area contributed by atoms with E-state index in [1.54, 1.807) is 0 Å². The molecule has 0 spiro atoms. The predicted molar refractivity (Wildman–Crippen MR) is 358 cm³/mol. The maximum absolute atomic E-state index is 2.45. The van der Waals surface area contributed by atoms with Gasteiger partial charge in [0.05, 0.1) is 5.41 Å². The summed E-state index contributed by atoms with van der Waals surface area (Å²) in [6.45, 7) is 0. The summed E-state index contributed by atoms with van der Waals surface area (Å²) in [5, 5.41) is 2.49. The second-order valence-electron chi connectivity index (χ2n) is 21.9. The summed E-state index contributed by atoms with van der Waals surface area (Å²) in [6.07, 6.45) is 0. The Labute approximate surface area is 498 Å². The smallest absolute Gasteiger partial charge is 0.0714 e. The molecule has 0 saturated carbocycles. The van der Waals surface area contributed by atoms with Crippen molar-refractivity contribution in [2.24, 2.45) is 0 Å². The normalized spacial score (nSPS) is 12.1. The van der Waals surface area contributed by atoms with Crippen molar-refractivity contribution < 1.29 is 0 Å². The van der Waals surface area contributed by atoms with Crippen molar-refractivity contribution in [1.29, 1.82) is 0 Å². The number of hydrogen-bond acceptors (Lipinski definition) is 2. The van der Waals surface area contributed by atoms with E-state index in [1.807, 2.05) is 0 Å². The van der Waals surface area contributed by atoms with Gasteiger partial charge in [-0.15, -0.1) is 0 Å². The molecule has 14 aromatic rings. The molecule has 0 saturated heterocycles. The molecule has 0 radical (unpaired) electrons. The molecule has 400 valence electrons. The summed E-state index contributed by atoms with van der Waals surface area (Å²) >= 11 is 0. The highest BCUT2D eigenvalue weighted by Gasteiger charge is 2.46. The maximum Gasteiger partial charge on any atom is 0.0714 e. The summed E-state index contributed by atoms with van der Waals surface area (Å²) < 4.78 is 0. The average Bonchev–Trinajstić information content (AvgIpc) is 1.62. The third-order valence-corrected chi connectivity index (χ3v) is 17.2. The van der Waals surface area contributed by atoms with E-state index in [-0.39, 0.29) is 0 Å². The Morgan fingerprint density at radius 2 is 0.518 bits per heavy atom. The van der Waals surface area contributed by atoms with Crippen molar-refractivity contribution in [3.63, 3.8) is 0 Å². The Kier molecular flexibility index (Phi) is 13.2. The van der Waals surface area contributed by atoms with E-state index in [1.165, 1.54) is 72.0 Å². The summed E-state index contributed by atoms with van der Waals surface area (Å²) in [6, 6.07) is 129. The number of fused-ring (bicyclic) bond motifs is 4. The van der Waals surface area contributed by atoms with Gasteiger partial charge in [0.25, 0.3) is 0 Å². The minimum absolute atomic E-state index is 0.524. The molecule has 2 heteroatoms. The van der Waals surface area contributed by atoms with E-state index in [9.17, 15) is 0 Å². The lowest BCUT2D eigenvalue weighted by atomic mass is 9.67. The van der Waals surface area contributed by atoms with Crippen LogP contribution in [0, 0.1) is 0 Å². The Hall–Kier alpha value is -11.1. The molecule has 0 atom stereocenters. The summed E-state index contributed by atoms with van der Waals surface area (Å²) in [5.74, 6) is 0. The van der Waals surface area contributed by atoms with Crippen LogP contribution in [0.25, 0.3) is 77.5 Å². The summed E-state index contributed by atoms with van der Waals surface area (Å²) in [5.41, 5.74) is 25.3. The Balaban J connectivity index is 0.833. The molecular weight excluding hydrogens is 1020 g/mol. The van der Waals surface area contributed by atoms with Gasteiger partial charge in [-0.05, 0) is 185 Å². The molecule has 0 aliphatic heterocycles. The third kappa shape index (κ3) is 9.18. The molecule has 1 aliphatic carbocycles. The lowest BCUT2D eigenvalue weighted by Gasteiger charge is -2.35. The van der Waals surface area contributed by atoms with Crippen molar-refractivity contribution >= 4 is 44.9 Å². The molecule has 0 bridgehead atoms. The minimum Gasteiger partial charge on any atom is -0.311 e. The first-order valence-electron chi connectivity index (χ1n) is 29.3. The van der Waals surface area contributed by atoms with E-state index < -0.39 is 5.41 Å². The van der Waals surface area contributed by atoms with Crippen LogP contribution in [-0.2, 0) is 5.41 Å². The van der Waals surface area contributed by atoms with Crippen molar-refractivity contribution in [1.82, 2.24) is 0 Å². The van der Waals surface area contributed by atoms with E-state index >= 15 is 0 Å². The second kappa shape index (κ2) is 22.0. The minimum atomic E-state index is -0.524. The van der Waals surface area contributed by atoms with Gasteiger partial charge in [-0.3, -0.25) is 0 Å². The van der Waals surface area contributed by atoms with Gasteiger partial charge in [-0.1, -0.05) is 267 Å². The van der Waals surface area contributed by atoms with E-state index in [2.05, 4.69) is 362 Å². The SMILES string of the molecule is c1ccc(-c2cc(-c3ccc(N(c4ccccc4)c4ccc5c(c4)C(c4ccccc4)(c4ccccc4)c4ccccc4-5)cc3)c(-c3ccccc3)cc2-c2ccc(N(c3ccccc3)c3ccc(-c4cccc5ccccc45)cc3)cc2)cc1. The van der Waals surface area contributed by atoms with Crippen molar-refractivity contribution in [3.8, 4) is 66.8 Å². The molecule has 0 aromatic heterocycles. The first-order valence-corrected chi connectivity index (χ1v) is 29.3. The lowest BCUT2D eigenvalue weighted by Crippen LogP contribution is -2.28. The number of hydrogen-bond donors (Lipinski definition) is 0. The Morgan fingerprint density at radius 1 is 0.188 bits per heavy atom. The first-order chi connectivity index (χ1) is 42.2. The number of benzene rings is 14. The van der Waals surface area contributed by atoms with Gasteiger partial charge in [-0.2, -0.15) is 0 Å². The molecule has 0 heterocycles. The van der Waals surface area contributed by atoms with Gasteiger partial charge in [0.1, 0.15) is 0 Å². The molecule has 85 heavy (non-hydrogen) atoms. The Bertz CT molecular complexity index is 4600. The van der Waals surface area contributed by atoms with Gasteiger partial charge in [0.15, 0.2) is 0 Å². The van der Waals surface area contributed by atoms with Crippen LogP contribution in [0.15, 0.2) is 352 Å². The van der Waals surface area contributed by atoms with Crippen LogP contribution in [0.4, 0.5) is 34.1 Å². The number of nitrogens with zero attached hydrogens (tertiary/aromatic N) is 2. The number of para-hydroxylation sites is 2. The molecule has 2 nitrogen and oxygen atoms in total. The highest BCUT2D eigenvalue weighted by Crippen LogP contribution is 2.57. The van der Waals surface area contributed by atoms with Crippen LogP contribution in [0.1, 0.15) is 22.3 Å². The fourth-order valence-corrected chi connectivity index (χ4v) is 13.3. The van der Waals surface area contributed by atoms with Crippen LogP contribution in [-0.4, -0.2) is 0 Å². The van der Waals surface area contributed by atoms with Crippen LogP contribution in [0.2, 0.25) is 0 Å². The molecular formula is C83H58N2. The Morgan fingerprint density at radius 3 is 1.01 bits per heavy atom. The van der Waals surface area contributed by atoms with Crippen LogP contribution in [0.5, 0.6) is 0 Å². The molecule has 1 aliphatic rings. The molecule has 14 aromatic carbocycles. The third-order valence-electron chi connectivity index (χ3n) is 17.2. The second-order valence-corrected chi connectivity index (χ2v) is 21.9. The van der Waals surface area contributed by atoms with Crippen molar-refractivity contribution in [3.05, 3.63) is 374 Å². The quantitative estimate of drug-likeness (QED) is 0.114. The van der Waals surface area contributed by atoms with Gasteiger partial charge in [-0.25, -0.2) is 0 Å². The topological polar surface area (TPSA) is 6.48 Å². The molecule has 0 unspecified atom stereocenters. The van der Waals surface area contributed by atoms with E-state index in [4.69, 9.17) is 0 Å². The number of rotatable bonds is 13. The van der Waals surface area contributed by atoms with Gasteiger partial charge in [0, 0.05) is 34.1 Å². The largest absolute Gasteiger partial charge is 0.311 e. The standard InChI is InChI=1S/C83H58N2/c1-7-24-60(25-8-1)77-58-80(64-46-52-71(53-47-64)85(68-36-17-6-18-37-68)72-54-55-76-75-39-21-22-41-81(75)83(82(76)56-72,65-30-11-3-12-31-65)66-32-13-4-14-33-66)78(61-26-9-2-10-27-61)57-79(77)63-44-50-70(51-45-63)84(67-34-15-5-16-35-67)69-48-42-62(43-49-69)74-40-23-29-59-28-19-20-38-73(59)74/h1-58H. The van der Waals surface area contributed by atoms with Gasteiger partial charge >= 0.3 is 0 Å². The molecule has 0 amide bonds. The predicted octanol–water partition coefficient (Wildman–Crippen LogP) is 22.5. The van der Waals surface area contributed by atoms with Gasteiger partial charge in [0.2, 0.25) is 0 Å². The highest BCUT2D eigenvalue weighted by atomic mass is 15.1. The zero-order valence-corrected chi connectivity index (χ0v) is 46.9. The summed E-state index contributed by atoms with van der Waals surface area (Å²) in [4.78, 5) is 4.76. The van der Waals surface area contributed by atoms with Crippen LogP contribution < -0.4 is 9.80 Å². The summed E-state index contributed by atoms with van der Waals surface area (Å²) in [7, 11) is 0. The monoisotopic (exact) mass is 1080 g/mol. The van der Waals surface area contributed by atoms with Crippen molar-refractivity contribution in [2.45, 2.75) is 5.41 Å².